The van der Waals surface area contributed by atoms with E-state index in [1.54, 1.807) is 18.1 Å². The number of hydrogen-bond donors (Lipinski definition) is 1. The Kier molecular flexibility index (Phi) is 1.78. The quantitative estimate of drug-likeness (QED) is 0.762. The molecule has 1 fully saturated rings. The molecule has 0 radical (unpaired) electrons. The summed E-state index contributed by atoms with van der Waals surface area (Å²) in [4.78, 5) is 13.3. The van der Waals surface area contributed by atoms with Gasteiger partial charge in [0.1, 0.15) is 5.69 Å². The molecule has 0 spiro atoms. The fraction of sp³-hybridized carbons (Fsp3) is 0.545. The fourth-order valence-corrected chi connectivity index (χ4v) is 2.20. The van der Waals surface area contributed by atoms with Gasteiger partial charge in [0.05, 0.1) is 6.26 Å². The van der Waals surface area contributed by atoms with Crippen LogP contribution in [0.3, 0.4) is 0 Å². The van der Waals surface area contributed by atoms with E-state index in [9.17, 15) is 4.79 Å². The van der Waals surface area contributed by atoms with Crippen molar-refractivity contribution in [2.24, 2.45) is 5.92 Å². The zero-order chi connectivity index (χ0) is 10.4. The smallest absolute Gasteiger partial charge is 0.224 e. The van der Waals surface area contributed by atoms with Gasteiger partial charge in [0.15, 0.2) is 0 Å². The molecule has 4 heteroatoms. The van der Waals surface area contributed by atoms with E-state index >= 15 is 0 Å². The van der Waals surface area contributed by atoms with Gasteiger partial charge < -0.3 is 14.6 Å². The molecular formula is C11H14N2O2. The van der Waals surface area contributed by atoms with Gasteiger partial charge in [-0.3, -0.25) is 4.79 Å². The van der Waals surface area contributed by atoms with E-state index in [1.807, 2.05) is 6.07 Å². The molecule has 1 N–H and O–H groups in total. The average Bonchev–Trinajstić information content (AvgIpc) is 2.95. The Bertz CT molecular complexity index is 395. The second kappa shape index (κ2) is 3.02. The van der Waals surface area contributed by atoms with Crippen LogP contribution in [0.2, 0.25) is 0 Å². The van der Waals surface area contributed by atoms with Gasteiger partial charge in [-0.2, -0.15) is 0 Å². The van der Waals surface area contributed by atoms with E-state index in [0.717, 1.165) is 18.1 Å². The lowest BCUT2D eigenvalue weighted by molar-refractivity contribution is -0.116. The highest BCUT2D eigenvalue weighted by Crippen LogP contribution is 2.40. The Morgan fingerprint density at radius 1 is 1.60 bits per heavy atom. The van der Waals surface area contributed by atoms with Crippen molar-refractivity contribution in [3.63, 3.8) is 0 Å². The van der Waals surface area contributed by atoms with Gasteiger partial charge in [-0.15, -0.1) is 0 Å². The van der Waals surface area contributed by atoms with Crippen LogP contribution < -0.4 is 10.2 Å². The molecular weight excluding hydrogens is 192 g/mol. The molecule has 1 unspecified atom stereocenters. The van der Waals surface area contributed by atoms with E-state index in [2.05, 4.69) is 5.32 Å². The third-order valence-electron chi connectivity index (χ3n) is 3.20. The summed E-state index contributed by atoms with van der Waals surface area (Å²) in [6.07, 6.45) is 4.15. The van der Waals surface area contributed by atoms with Crippen molar-refractivity contribution in [2.45, 2.75) is 25.8 Å². The Morgan fingerprint density at radius 2 is 2.40 bits per heavy atom. The number of nitrogens with zero attached hydrogens (tertiary/aromatic N) is 1. The number of rotatable bonds is 1. The molecule has 4 nitrogen and oxygen atoms in total. The monoisotopic (exact) mass is 206 g/mol. The maximum Gasteiger partial charge on any atom is 0.224 e. The lowest BCUT2D eigenvalue weighted by atomic mass is 10.1. The number of carbonyl (C=O) groups is 1. The van der Waals surface area contributed by atoms with Crippen LogP contribution in [0.4, 0.5) is 11.6 Å². The molecule has 1 amide bonds. The first-order chi connectivity index (χ1) is 7.25. The molecule has 1 saturated carbocycles. The summed E-state index contributed by atoms with van der Waals surface area (Å²) in [6.45, 7) is 2.37. The molecule has 1 atom stereocenters. The van der Waals surface area contributed by atoms with E-state index in [4.69, 9.17) is 4.42 Å². The third-order valence-corrected chi connectivity index (χ3v) is 3.20. The van der Waals surface area contributed by atoms with Gasteiger partial charge in [-0.05, 0) is 18.8 Å². The molecule has 2 aliphatic rings. The summed E-state index contributed by atoms with van der Waals surface area (Å²) in [5.74, 6) is 1.54. The third kappa shape index (κ3) is 1.40. The first-order valence-electron chi connectivity index (χ1n) is 5.38. The molecule has 1 aromatic rings. The maximum absolute atomic E-state index is 11.5. The fourth-order valence-electron chi connectivity index (χ4n) is 2.20. The van der Waals surface area contributed by atoms with E-state index in [0.29, 0.717) is 12.0 Å². The highest BCUT2D eigenvalue weighted by Gasteiger charge is 2.37. The summed E-state index contributed by atoms with van der Waals surface area (Å²) >= 11 is 0. The Balaban J connectivity index is 1.92. The van der Waals surface area contributed by atoms with Crippen molar-refractivity contribution >= 4 is 17.5 Å². The summed E-state index contributed by atoms with van der Waals surface area (Å²) in [7, 11) is 0. The van der Waals surface area contributed by atoms with E-state index < -0.39 is 0 Å². The number of furan rings is 1. The van der Waals surface area contributed by atoms with Gasteiger partial charge in [-0.1, -0.05) is 0 Å². The predicted octanol–water partition coefficient (Wildman–Crippen LogP) is 1.84. The number of nitrogens with one attached hydrogen (secondary N) is 1. The topological polar surface area (TPSA) is 45.5 Å². The lowest BCUT2D eigenvalue weighted by Gasteiger charge is -2.32. The minimum atomic E-state index is 0.0878. The lowest BCUT2D eigenvalue weighted by Crippen LogP contribution is -2.44. The summed E-state index contributed by atoms with van der Waals surface area (Å²) < 4.78 is 5.34. The average molecular weight is 206 g/mol. The summed E-state index contributed by atoms with van der Waals surface area (Å²) in [5, 5.41) is 3.36. The Hall–Kier alpha value is -1.45. The molecule has 80 valence electrons. The van der Waals surface area contributed by atoms with Crippen LogP contribution in [0, 0.1) is 5.92 Å². The van der Waals surface area contributed by atoms with Crippen molar-refractivity contribution in [3.05, 3.63) is 12.3 Å². The van der Waals surface area contributed by atoms with Gasteiger partial charge in [-0.25, -0.2) is 0 Å². The molecule has 15 heavy (non-hydrogen) atoms. The van der Waals surface area contributed by atoms with Crippen LogP contribution in [0.25, 0.3) is 0 Å². The van der Waals surface area contributed by atoms with Crippen LogP contribution in [0.15, 0.2) is 16.7 Å². The minimum Gasteiger partial charge on any atom is -0.447 e. The van der Waals surface area contributed by atoms with Crippen LogP contribution in [0.1, 0.15) is 19.8 Å². The molecule has 0 saturated heterocycles. The Labute approximate surface area is 88.2 Å². The molecule has 2 heterocycles. The summed E-state index contributed by atoms with van der Waals surface area (Å²) in [5.41, 5.74) is 0.874. The second-order valence-electron chi connectivity index (χ2n) is 4.35. The zero-order valence-electron chi connectivity index (χ0n) is 8.69. The highest BCUT2D eigenvalue weighted by molar-refractivity contribution is 5.95. The SMILES string of the molecule is CC(=O)N1CC(C2CC2)Nc2occc21. The molecule has 0 aromatic carbocycles. The number of hydrogen-bond acceptors (Lipinski definition) is 3. The summed E-state index contributed by atoms with van der Waals surface area (Å²) in [6, 6.07) is 2.21. The van der Waals surface area contributed by atoms with Crippen LogP contribution >= 0.6 is 0 Å². The van der Waals surface area contributed by atoms with Crippen molar-refractivity contribution < 1.29 is 9.21 Å². The largest absolute Gasteiger partial charge is 0.447 e. The van der Waals surface area contributed by atoms with Gasteiger partial charge >= 0.3 is 0 Å². The molecule has 1 aliphatic heterocycles. The number of carbonyl (C=O) groups excluding carboxylic acids is 1. The number of anilines is 2. The highest BCUT2D eigenvalue weighted by atomic mass is 16.3. The standard InChI is InChI=1S/C11H14N2O2/c1-7(14)13-6-9(8-2-3-8)12-11-10(13)4-5-15-11/h4-5,8-9,12H,2-3,6H2,1H3. The predicted molar refractivity (Wildman–Crippen MR) is 56.9 cm³/mol. The van der Waals surface area contributed by atoms with Gasteiger partial charge in [0.25, 0.3) is 0 Å². The second-order valence-corrected chi connectivity index (χ2v) is 4.35. The van der Waals surface area contributed by atoms with Crippen molar-refractivity contribution in [3.8, 4) is 0 Å². The van der Waals surface area contributed by atoms with Crippen molar-refractivity contribution in [1.82, 2.24) is 0 Å². The van der Waals surface area contributed by atoms with Crippen LogP contribution in [-0.4, -0.2) is 18.5 Å². The van der Waals surface area contributed by atoms with Crippen LogP contribution in [-0.2, 0) is 4.79 Å². The van der Waals surface area contributed by atoms with Gasteiger partial charge in [0.2, 0.25) is 11.8 Å². The van der Waals surface area contributed by atoms with Crippen molar-refractivity contribution in [1.29, 1.82) is 0 Å². The van der Waals surface area contributed by atoms with E-state index in [-0.39, 0.29) is 5.91 Å². The minimum absolute atomic E-state index is 0.0878. The van der Waals surface area contributed by atoms with Crippen LogP contribution in [0.5, 0.6) is 0 Å². The molecule has 1 aliphatic carbocycles. The molecule has 1 aromatic heterocycles. The molecule has 3 rings (SSSR count). The first kappa shape index (κ1) is 8.83. The zero-order valence-corrected chi connectivity index (χ0v) is 8.69. The van der Waals surface area contributed by atoms with E-state index in [1.165, 1.54) is 12.8 Å². The first-order valence-corrected chi connectivity index (χ1v) is 5.38. The normalized spacial score (nSPS) is 24.6. The van der Waals surface area contributed by atoms with Gasteiger partial charge in [0, 0.05) is 25.6 Å². The maximum atomic E-state index is 11.5. The Morgan fingerprint density at radius 3 is 3.07 bits per heavy atom. The number of amides is 1. The van der Waals surface area contributed by atoms with Crippen molar-refractivity contribution in [2.75, 3.05) is 16.8 Å². The molecule has 0 bridgehead atoms. The number of fused-ring (bicyclic) bond motifs is 1.